The molecule has 0 radical (unpaired) electrons. The van der Waals surface area contributed by atoms with Gasteiger partial charge in [-0.2, -0.15) is 0 Å². The summed E-state index contributed by atoms with van der Waals surface area (Å²) < 4.78 is 27.7. The molecule has 2 heterocycles. The first-order valence-electron chi connectivity index (χ1n) is 7.15. The van der Waals surface area contributed by atoms with Crippen LogP contribution in [0.15, 0.2) is 42.7 Å². The Bertz CT molecular complexity index is 861. The van der Waals surface area contributed by atoms with Gasteiger partial charge in [0.15, 0.2) is 0 Å². The second kappa shape index (κ2) is 6.84. The molecule has 7 heteroatoms. The lowest BCUT2D eigenvalue weighted by molar-refractivity contribution is 0.0954. The summed E-state index contributed by atoms with van der Waals surface area (Å²) in [6.45, 7) is 1.95. The molecular weight excluding hydrogens is 332 g/mol. The second-order valence-corrected chi connectivity index (χ2v) is 6.07. The molecule has 2 aromatic heterocycles. The van der Waals surface area contributed by atoms with Gasteiger partial charge in [-0.3, -0.25) is 9.78 Å². The van der Waals surface area contributed by atoms with Crippen molar-refractivity contribution in [1.82, 2.24) is 15.3 Å². The number of nitrogens with zero attached hydrogens (tertiary/aromatic N) is 2. The first kappa shape index (κ1) is 16.2. The molecular formula is C17H13F2N3OS. The Kier molecular flexibility index (Phi) is 4.61. The highest BCUT2D eigenvalue weighted by Gasteiger charge is 2.20. The topological polar surface area (TPSA) is 54.9 Å². The Hall–Kier alpha value is -2.67. The molecule has 3 aromatic rings. The summed E-state index contributed by atoms with van der Waals surface area (Å²) in [5.41, 5.74) is 1.08. The minimum Gasteiger partial charge on any atom is -0.347 e. The molecule has 0 aliphatic rings. The number of nitrogens with one attached hydrogen (secondary N) is 1. The largest absolute Gasteiger partial charge is 0.347 e. The van der Waals surface area contributed by atoms with Crippen molar-refractivity contribution in [3.8, 4) is 10.6 Å². The van der Waals surface area contributed by atoms with Crippen molar-refractivity contribution in [2.75, 3.05) is 0 Å². The van der Waals surface area contributed by atoms with Gasteiger partial charge in [0, 0.05) is 18.9 Å². The van der Waals surface area contributed by atoms with Gasteiger partial charge in [0.05, 0.1) is 11.3 Å². The molecule has 122 valence electrons. The molecule has 0 atom stereocenters. The van der Waals surface area contributed by atoms with Crippen LogP contribution in [0.5, 0.6) is 0 Å². The number of hydrogen-bond donors (Lipinski definition) is 1. The zero-order chi connectivity index (χ0) is 17.1. The van der Waals surface area contributed by atoms with Gasteiger partial charge in [0.1, 0.15) is 21.5 Å². The molecule has 0 saturated carbocycles. The fourth-order valence-corrected chi connectivity index (χ4v) is 3.21. The lowest BCUT2D eigenvalue weighted by atomic mass is 10.2. The predicted octanol–water partition coefficient (Wildman–Crippen LogP) is 3.72. The summed E-state index contributed by atoms with van der Waals surface area (Å²) in [6.07, 6.45) is 3.30. The van der Waals surface area contributed by atoms with E-state index in [4.69, 9.17) is 0 Å². The molecule has 0 saturated heterocycles. The van der Waals surface area contributed by atoms with E-state index in [1.807, 2.05) is 6.07 Å². The van der Waals surface area contributed by atoms with E-state index in [1.165, 1.54) is 6.07 Å². The normalized spacial score (nSPS) is 10.6. The summed E-state index contributed by atoms with van der Waals surface area (Å²) in [4.78, 5) is 20.8. The van der Waals surface area contributed by atoms with Crippen LogP contribution < -0.4 is 5.32 Å². The zero-order valence-electron chi connectivity index (χ0n) is 12.7. The number of thiazole rings is 1. The monoisotopic (exact) mass is 345 g/mol. The maximum atomic E-state index is 13.9. The van der Waals surface area contributed by atoms with Crippen molar-refractivity contribution < 1.29 is 13.6 Å². The van der Waals surface area contributed by atoms with Gasteiger partial charge in [-0.05, 0) is 30.7 Å². The molecule has 0 spiro atoms. The number of hydrogen-bond acceptors (Lipinski definition) is 4. The van der Waals surface area contributed by atoms with Gasteiger partial charge < -0.3 is 5.32 Å². The van der Waals surface area contributed by atoms with Crippen LogP contribution in [0, 0.1) is 18.6 Å². The van der Waals surface area contributed by atoms with Crippen LogP contribution in [-0.4, -0.2) is 15.9 Å². The van der Waals surface area contributed by atoms with Crippen LogP contribution >= 0.6 is 11.3 Å². The molecule has 4 nitrogen and oxygen atoms in total. The third-order valence-corrected chi connectivity index (χ3v) is 4.53. The first-order valence-corrected chi connectivity index (χ1v) is 7.97. The van der Waals surface area contributed by atoms with Crippen LogP contribution in [0.2, 0.25) is 0 Å². The molecule has 0 aliphatic carbocycles. The summed E-state index contributed by atoms with van der Waals surface area (Å²) >= 11 is 0.965. The van der Waals surface area contributed by atoms with Gasteiger partial charge >= 0.3 is 0 Å². The summed E-state index contributed by atoms with van der Waals surface area (Å²) in [7, 11) is 0. The lowest BCUT2D eigenvalue weighted by Crippen LogP contribution is -2.22. The van der Waals surface area contributed by atoms with E-state index in [1.54, 1.807) is 25.4 Å². The second-order valence-electron chi connectivity index (χ2n) is 5.07. The highest BCUT2D eigenvalue weighted by atomic mass is 32.1. The number of carbonyl (C=O) groups is 1. The number of halogens is 2. The third-order valence-electron chi connectivity index (χ3n) is 3.36. The van der Waals surface area contributed by atoms with E-state index in [9.17, 15) is 13.6 Å². The lowest BCUT2D eigenvalue weighted by Gasteiger charge is -2.03. The van der Waals surface area contributed by atoms with Crippen LogP contribution in [0.1, 0.15) is 20.9 Å². The van der Waals surface area contributed by atoms with E-state index in [-0.39, 0.29) is 16.5 Å². The maximum Gasteiger partial charge on any atom is 0.263 e. The SMILES string of the molecule is Cc1nc(-c2c(F)cccc2F)sc1C(=O)NCc1cccnc1. The molecule has 24 heavy (non-hydrogen) atoms. The van der Waals surface area contributed by atoms with Crippen molar-refractivity contribution in [2.45, 2.75) is 13.5 Å². The molecule has 1 aromatic carbocycles. The molecule has 0 bridgehead atoms. The zero-order valence-corrected chi connectivity index (χ0v) is 13.5. The average Bonchev–Trinajstić information content (AvgIpc) is 2.95. The van der Waals surface area contributed by atoms with Crippen molar-refractivity contribution in [3.63, 3.8) is 0 Å². The molecule has 1 N–H and O–H groups in total. The highest BCUT2D eigenvalue weighted by molar-refractivity contribution is 7.17. The maximum absolute atomic E-state index is 13.9. The van der Waals surface area contributed by atoms with E-state index < -0.39 is 11.6 Å². The highest BCUT2D eigenvalue weighted by Crippen LogP contribution is 2.31. The van der Waals surface area contributed by atoms with Crippen LogP contribution in [0.3, 0.4) is 0 Å². The number of rotatable bonds is 4. The Balaban J connectivity index is 1.82. The molecule has 0 aliphatic heterocycles. The van der Waals surface area contributed by atoms with Gasteiger partial charge in [-0.25, -0.2) is 13.8 Å². The van der Waals surface area contributed by atoms with Gasteiger partial charge in [-0.15, -0.1) is 11.3 Å². The fourth-order valence-electron chi connectivity index (χ4n) is 2.18. The van der Waals surface area contributed by atoms with Gasteiger partial charge in [-0.1, -0.05) is 12.1 Å². The first-order chi connectivity index (χ1) is 11.6. The summed E-state index contributed by atoms with van der Waals surface area (Å²) in [6, 6.07) is 7.23. The number of aromatic nitrogens is 2. The smallest absolute Gasteiger partial charge is 0.263 e. The van der Waals surface area contributed by atoms with E-state index in [0.29, 0.717) is 17.1 Å². The molecule has 0 fully saturated rings. The molecule has 1 amide bonds. The summed E-state index contributed by atoms with van der Waals surface area (Å²) in [5, 5.41) is 2.90. The predicted molar refractivity (Wildman–Crippen MR) is 87.6 cm³/mol. The number of pyridine rings is 1. The quantitative estimate of drug-likeness (QED) is 0.784. The van der Waals surface area contributed by atoms with E-state index >= 15 is 0 Å². The molecule has 0 unspecified atom stereocenters. The van der Waals surface area contributed by atoms with Crippen molar-refractivity contribution in [2.24, 2.45) is 0 Å². The van der Waals surface area contributed by atoms with E-state index in [2.05, 4.69) is 15.3 Å². The average molecular weight is 345 g/mol. The van der Waals surface area contributed by atoms with Crippen molar-refractivity contribution >= 4 is 17.2 Å². The van der Waals surface area contributed by atoms with Crippen LogP contribution in [0.25, 0.3) is 10.6 Å². The number of amides is 1. The summed E-state index contributed by atoms with van der Waals surface area (Å²) in [5.74, 6) is -1.74. The van der Waals surface area contributed by atoms with Gasteiger partial charge in [0.25, 0.3) is 5.91 Å². The van der Waals surface area contributed by atoms with Crippen molar-refractivity contribution in [3.05, 3.63) is 70.5 Å². The number of carbonyl (C=O) groups excluding carboxylic acids is 1. The Morgan fingerprint density at radius 1 is 1.21 bits per heavy atom. The Morgan fingerprint density at radius 2 is 1.96 bits per heavy atom. The molecule has 3 rings (SSSR count). The number of benzene rings is 1. The van der Waals surface area contributed by atoms with Crippen LogP contribution in [-0.2, 0) is 6.54 Å². The standard InChI is InChI=1S/C17H13F2N3OS/c1-10-15(16(23)21-9-11-4-3-7-20-8-11)24-17(22-10)14-12(18)5-2-6-13(14)19/h2-8H,9H2,1H3,(H,21,23). The third kappa shape index (κ3) is 3.30. The van der Waals surface area contributed by atoms with Crippen LogP contribution in [0.4, 0.5) is 8.78 Å². The van der Waals surface area contributed by atoms with Gasteiger partial charge in [0.2, 0.25) is 0 Å². The minimum atomic E-state index is -0.703. The fraction of sp³-hybridized carbons (Fsp3) is 0.118. The van der Waals surface area contributed by atoms with E-state index in [0.717, 1.165) is 29.0 Å². The Morgan fingerprint density at radius 3 is 2.62 bits per heavy atom. The van der Waals surface area contributed by atoms with Crippen molar-refractivity contribution in [1.29, 1.82) is 0 Å². The Labute approximate surface area is 141 Å². The minimum absolute atomic E-state index is 0.148. The number of aryl methyl sites for hydroxylation is 1.